The Balaban J connectivity index is 0.00000208. The minimum absolute atomic E-state index is 0. The Labute approximate surface area is 153 Å². The molecule has 0 bridgehead atoms. The fourth-order valence-electron chi connectivity index (χ4n) is 2.55. The molecule has 0 aliphatic carbocycles. The molecule has 1 aliphatic rings. The predicted molar refractivity (Wildman–Crippen MR) is 99.1 cm³/mol. The number of hydrogen-bond donors (Lipinski definition) is 2. The summed E-state index contributed by atoms with van der Waals surface area (Å²) in [6, 6.07) is 14.9. The third-order valence-corrected chi connectivity index (χ3v) is 4.05. The molecule has 1 atom stereocenters. The third kappa shape index (κ3) is 5.13. The van der Waals surface area contributed by atoms with Gasteiger partial charge in [-0.3, -0.25) is 4.79 Å². The SMILES string of the molecule is Cl.O=C(Nc1cccc(OCc2ccc(Cl)cc2)c1)C1CCCN1. The van der Waals surface area contributed by atoms with E-state index in [1.54, 1.807) is 0 Å². The summed E-state index contributed by atoms with van der Waals surface area (Å²) < 4.78 is 5.77. The molecule has 4 nitrogen and oxygen atoms in total. The van der Waals surface area contributed by atoms with Crippen molar-refractivity contribution >= 4 is 35.6 Å². The van der Waals surface area contributed by atoms with Crippen molar-refractivity contribution in [2.75, 3.05) is 11.9 Å². The van der Waals surface area contributed by atoms with Gasteiger partial charge in [0.25, 0.3) is 0 Å². The van der Waals surface area contributed by atoms with Crippen molar-refractivity contribution in [1.29, 1.82) is 0 Å². The maximum absolute atomic E-state index is 12.1. The maximum Gasteiger partial charge on any atom is 0.241 e. The molecule has 24 heavy (non-hydrogen) atoms. The van der Waals surface area contributed by atoms with Crippen LogP contribution in [0.2, 0.25) is 5.02 Å². The lowest BCUT2D eigenvalue weighted by Gasteiger charge is -2.12. The number of benzene rings is 2. The molecule has 128 valence electrons. The van der Waals surface area contributed by atoms with Gasteiger partial charge >= 0.3 is 0 Å². The third-order valence-electron chi connectivity index (χ3n) is 3.80. The summed E-state index contributed by atoms with van der Waals surface area (Å²) in [6.45, 7) is 1.36. The zero-order valence-corrected chi connectivity index (χ0v) is 14.7. The van der Waals surface area contributed by atoms with Gasteiger partial charge in [0, 0.05) is 16.8 Å². The van der Waals surface area contributed by atoms with E-state index in [0.717, 1.165) is 36.4 Å². The Morgan fingerprint density at radius 3 is 2.75 bits per heavy atom. The molecule has 1 saturated heterocycles. The first-order chi connectivity index (χ1) is 11.2. The summed E-state index contributed by atoms with van der Waals surface area (Å²) in [4.78, 5) is 12.1. The zero-order chi connectivity index (χ0) is 16.1. The first kappa shape index (κ1) is 18.6. The molecule has 1 amide bonds. The minimum atomic E-state index is -0.0892. The Kier molecular flexibility index (Phi) is 6.91. The second kappa shape index (κ2) is 8.92. The van der Waals surface area contributed by atoms with Crippen LogP contribution in [0.1, 0.15) is 18.4 Å². The van der Waals surface area contributed by atoms with Crippen LogP contribution >= 0.6 is 24.0 Å². The van der Waals surface area contributed by atoms with E-state index in [1.165, 1.54) is 0 Å². The van der Waals surface area contributed by atoms with E-state index in [0.29, 0.717) is 11.6 Å². The molecule has 0 saturated carbocycles. The molecular weight excluding hydrogens is 347 g/mol. The Morgan fingerprint density at radius 2 is 2.04 bits per heavy atom. The molecule has 2 aromatic carbocycles. The summed E-state index contributed by atoms with van der Waals surface area (Å²) in [5.41, 5.74) is 1.79. The van der Waals surface area contributed by atoms with E-state index in [9.17, 15) is 4.79 Å². The van der Waals surface area contributed by atoms with Crippen molar-refractivity contribution in [1.82, 2.24) is 5.32 Å². The molecule has 1 aliphatic heterocycles. The van der Waals surface area contributed by atoms with Crippen molar-refractivity contribution in [3.8, 4) is 5.75 Å². The van der Waals surface area contributed by atoms with Gasteiger partial charge in [0.15, 0.2) is 0 Å². The van der Waals surface area contributed by atoms with Crippen molar-refractivity contribution in [2.24, 2.45) is 0 Å². The van der Waals surface area contributed by atoms with Crippen LogP contribution in [0.5, 0.6) is 5.75 Å². The van der Waals surface area contributed by atoms with Crippen molar-refractivity contribution in [3.05, 3.63) is 59.1 Å². The topological polar surface area (TPSA) is 50.4 Å². The summed E-state index contributed by atoms with van der Waals surface area (Å²) in [5, 5.41) is 6.83. The van der Waals surface area contributed by atoms with E-state index in [1.807, 2.05) is 48.5 Å². The van der Waals surface area contributed by atoms with E-state index in [4.69, 9.17) is 16.3 Å². The van der Waals surface area contributed by atoms with Crippen molar-refractivity contribution in [2.45, 2.75) is 25.5 Å². The Bertz CT molecular complexity index is 671. The number of ether oxygens (including phenoxy) is 1. The van der Waals surface area contributed by atoms with Gasteiger partial charge in [-0.2, -0.15) is 0 Å². The fraction of sp³-hybridized carbons (Fsp3) is 0.278. The van der Waals surface area contributed by atoms with Crippen LogP contribution in [0.3, 0.4) is 0 Å². The van der Waals surface area contributed by atoms with E-state index >= 15 is 0 Å². The van der Waals surface area contributed by atoms with Gasteiger partial charge in [-0.1, -0.05) is 29.8 Å². The fourth-order valence-corrected chi connectivity index (χ4v) is 2.67. The van der Waals surface area contributed by atoms with E-state index in [2.05, 4.69) is 10.6 Å². The van der Waals surface area contributed by atoms with Crippen LogP contribution in [0.25, 0.3) is 0 Å². The Hall–Kier alpha value is -1.75. The quantitative estimate of drug-likeness (QED) is 0.839. The summed E-state index contributed by atoms with van der Waals surface area (Å²) in [7, 11) is 0. The molecule has 1 unspecified atom stereocenters. The van der Waals surface area contributed by atoms with Gasteiger partial charge < -0.3 is 15.4 Å². The lowest BCUT2D eigenvalue weighted by Crippen LogP contribution is -2.35. The Morgan fingerprint density at radius 1 is 1.25 bits per heavy atom. The maximum atomic E-state index is 12.1. The van der Waals surface area contributed by atoms with Gasteiger partial charge in [0.2, 0.25) is 5.91 Å². The lowest BCUT2D eigenvalue weighted by molar-refractivity contribution is -0.117. The highest BCUT2D eigenvalue weighted by Crippen LogP contribution is 2.20. The average molecular weight is 367 g/mol. The number of hydrogen-bond acceptors (Lipinski definition) is 3. The van der Waals surface area contributed by atoms with Gasteiger partial charge in [-0.15, -0.1) is 12.4 Å². The van der Waals surface area contributed by atoms with Gasteiger partial charge in [0.05, 0.1) is 6.04 Å². The lowest BCUT2D eigenvalue weighted by atomic mass is 10.2. The monoisotopic (exact) mass is 366 g/mol. The van der Waals surface area contributed by atoms with Gasteiger partial charge in [0.1, 0.15) is 12.4 Å². The molecule has 3 rings (SSSR count). The second-order valence-corrected chi connectivity index (χ2v) is 6.02. The van der Waals surface area contributed by atoms with Crippen LogP contribution in [0.15, 0.2) is 48.5 Å². The average Bonchev–Trinajstić information content (AvgIpc) is 3.09. The largest absolute Gasteiger partial charge is 0.489 e. The molecule has 6 heteroatoms. The molecular formula is C18H20Cl2N2O2. The number of carbonyl (C=O) groups excluding carboxylic acids is 1. The molecule has 2 N–H and O–H groups in total. The van der Waals surface area contributed by atoms with Gasteiger partial charge in [-0.25, -0.2) is 0 Å². The second-order valence-electron chi connectivity index (χ2n) is 5.58. The highest BCUT2D eigenvalue weighted by molar-refractivity contribution is 6.30. The van der Waals surface area contributed by atoms with Gasteiger partial charge in [-0.05, 0) is 49.2 Å². The number of anilines is 1. The predicted octanol–water partition coefficient (Wildman–Crippen LogP) is 4.03. The molecule has 1 heterocycles. The minimum Gasteiger partial charge on any atom is -0.489 e. The van der Waals surface area contributed by atoms with Crippen LogP contribution < -0.4 is 15.4 Å². The number of nitrogens with one attached hydrogen (secondary N) is 2. The van der Waals surface area contributed by atoms with Crippen molar-refractivity contribution < 1.29 is 9.53 Å². The highest BCUT2D eigenvalue weighted by atomic mass is 35.5. The van der Waals surface area contributed by atoms with Crippen LogP contribution in [0.4, 0.5) is 5.69 Å². The zero-order valence-electron chi connectivity index (χ0n) is 13.1. The van der Waals surface area contributed by atoms with E-state index < -0.39 is 0 Å². The van der Waals surface area contributed by atoms with Crippen LogP contribution in [-0.4, -0.2) is 18.5 Å². The van der Waals surface area contributed by atoms with Crippen molar-refractivity contribution in [3.63, 3.8) is 0 Å². The summed E-state index contributed by atoms with van der Waals surface area (Å²) in [6.07, 6.45) is 1.93. The highest BCUT2D eigenvalue weighted by Gasteiger charge is 2.21. The number of carbonyl (C=O) groups is 1. The normalized spacial score (nSPS) is 16.3. The molecule has 0 aromatic heterocycles. The molecule has 0 spiro atoms. The van der Waals surface area contributed by atoms with E-state index in [-0.39, 0.29) is 24.4 Å². The molecule has 0 radical (unpaired) electrons. The smallest absolute Gasteiger partial charge is 0.241 e. The number of halogens is 2. The number of amides is 1. The summed E-state index contributed by atoms with van der Waals surface area (Å²) in [5.74, 6) is 0.731. The molecule has 1 fully saturated rings. The summed E-state index contributed by atoms with van der Waals surface area (Å²) >= 11 is 5.87. The number of rotatable bonds is 5. The molecule has 2 aromatic rings. The first-order valence-corrected chi connectivity index (χ1v) is 8.10. The first-order valence-electron chi connectivity index (χ1n) is 7.72. The van der Waals surface area contributed by atoms with Crippen LogP contribution in [-0.2, 0) is 11.4 Å². The van der Waals surface area contributed by atoms with Crippen LogP contribution in [0, 0.1) is 0 Å². The standard InChI is InChI=1S/C18H19ClN2O2.ClH/c19-14-8-6-13(7-9-14)12-23-16-4-1-3-15(11-16)21-18(22)17-5-2-10-20-17;/h1,3-4,6-9,11,17,20H,2,5,10,12H2,(H,21,22);1H.